The van der Waals surface area contributed by atoms with Gasteiger partial charge in [-0.05, 0) is 17.3 Å². The van der Waals surface area contributed by atoms with E-state index < -0.39 is 12.1 Å². The number of hydrogen-bond donors (Lipinski definition) is 0. The third-order valence-electron chi connectivity index (χ3n) is 3.08. The van der Waals surface area contributed by atoms with Crippen molar-refractivity contribution in [2.45, 2.75) is 70.9 Å². The van der Waals surface area contributed by atoms with Crippen molar-refractivity contribution in [3.63, 3.8) is 0 Å². The molecule has 0 fully saturated rings. The maximum Gasteiger partial charge on any atom is 0.391 e. The Kier molecular flexibility index (Phi) is 10.8. The Balaban J connectivity index is 3.19. The molecule has 0 saturated heterocycles. The highest BCUT2D eigenvalue weighted by molar-refractivity contribution is 14.1. The van der Waals surface area contributed by atoms with Crippen molar-refractivity contribution < 1.29 is 13.2 Å². The zero-order valence-electron chi connectivity index (χ0n) is 10.7. The first-order chi connectivity index (χ1) is 7.98. The molecule has 0 aliphatic carbocycles. The minimum Gasteiger partial charge on any atom is -0.171 e. The number of halogens is 4. The summed E-state index contributed by atoms with van der Waals surface area (Å²) in [6, 6.07) is 0. The molecule has 0 saturated carbocycles. The van der Waals surface area contributed by atoms with Crippen LogP contribution in [0.5, 0.6) is 0 Å². The minimum atomic E-state index is -4.00. The van der Waals surface area contributed by atoms with Crippen molar-refractivity contribution in [1.29, 1.82) is 0 Å². The monoisotopic (exact) mass is 364 g/mol. The molecule has 0 aromatic rings. The summed E-state index contributed by atoms with van der Waals surface area (Å²) in [6.45, 7) is 1.28. The lowest BCUT2D eigenvalue weighted by Gasteiger charge is -2.14. The molecule has 0 nitrogen and oxygen atoms in total. The fourth-order valence-corrected chi connectivity index (χ4v) is 2.31. The van der Waals surface area contributed by atoms with E-state index in [1.54, 1.807) is 0 Å². The quantitative estimate of drug-likeness (QED) is 0.248. The first kappa shape index (κ1) is 17.5. The van der Waals surface area contributed by atoms with Crippen LogP contribution in [0.2, 0.25) is 0 Å². The summed E-state index contributed by atoms with van der Waals surface area (Å²) in [5.74, 6) is -1.13. The summed E-state index contributed by atoms with van der Waals surface area (Å²) in [4.78, 5) is 0. The van der Waals surface area contributed by atoms with Crippen LogP contribution in [0.4, 0.5) is 13.2 Å². The first-order valence-electron chi connectivity index (χ1n) is 6.61. The molecular weight excluding hydrogens is 340 g/mol. The SMILES string of the molecule is CC(CCCCCCCCCCI)C(F)(F)F. The van der Waals surface area contributed by atoms with E-state index in [4.69, 9.17) is 0 Å². The zero-order chi connectivity index (χ0) is 13.1. The lowest BCUT2D eigenvalue weighted by atomic mass is 10.0. The molecule has 0 aromatic carbocycles. The van der Waals surface area contributed by atoms with Gasteiger partial charge in [-0.2, -0.15) is 13.2 Å². The van der Waals surface area contributed by atoms with E-state index in [1.807, 2.05) is 0 Å². The molecule has 0 bridgehead atoms. The zero-order valence-corrected chi connectivity index (χ0v) is 12.8. The minimum absolute atomic E-state index is 0.290. The molecule has 0 aliphatic rings. The smallest absolute Gasteiger partial charge is 0.171 e. The van der Waals surface area contributed by atoms with Gasteiger partial charge in [-0.3, -0.25) is 0 Å². The fourth-order valence-electron chi connectivity index (χ4n) is 1.77. The van der Waals surface area contributed by atoms with Crippen LogP contribution in [0.25, 0.3) is 0 Å². The Morgan fingerprint density at radius 3 is 1.65 bits per heavy atom. The van der Waals surface area contributed by atoms with E-state index in [-0.39, 0.29) is 0 Å². The van der Waals surface area contributed by atoms with E-state index in [9.17, 15) is 13.2 Å². The highest BCUT2D eigenvalue weighted by Crippen LogP contribution is 2.29. The molecule has 4 heteroatoms. The van der Waals surface area contributed by atoms with Gasteiger partial charge in [0.1, 0.15) is 0 Å². The van der Waals surface area contributed by atoms with Crippen LogP contribution in [-0.2, 0) is 0 Å². The van der Waals surface area contributed by atoms with Gasteiger partial charge in [0.05, 0.1) is 5.92 Å². The van der Waals surface area contributed by atoms with Crippen LogP contribution >= 0.6 is 22.6 Å². The summed E-state index contributed by atoms with van der Waals surface area (Å²) in [5, 5.41) is 0. The molecular formula is C13H24F3I. The van der Waals surface area contributed by atoms with Crippen LogP contribution in [-0.4, -0.2) is 10.6 Å². The Bertz CT molecular complexity index is 169. The predicted molar refractivity (Wildman–Crippen MR) is 75.7 cm³/mol. The molecule has 0 aromatic heterocycles. The van der Waals surface area contributed by atoms with Crippen LogP contribution in [0.15, 0.2) is 0 Å². The summed E-state index contributed by atoms with van der Waals surface area (Å²) in [6.07, 6.45) is 5.35. The Hall–Kier alpha value is 0.520. The molecule has 0 amide bonds. The van der Waals surface area contributed by atoms with Crippen molar-refractivity contribution in [2.75, 3.05) is 4.43 Å². The van der Waals surface area contributed by atoms with E-state index >= 15 is 0 Å². The van der Waals surface area contributed by atoms with Gasteiger partial charge in [-0.15, -0.1) is 0 Å². The van der Waals surface area contributed by atoms with Gasteiger partial charge >= 0.3 is 6.18 Å². The highest BCUT2D eigenvalue weighted by Gasteiger charge is 2.34. The third-order valence-corrected chi connectivity index (χ3v) is 3.84. The molecule has 0 rings (SSSR count). The van der Waals surface area contributed by atoms with Gasteiger partial charge in [0.2, 0.25) is 0 Å². The second kappa shape index (κ2) is 10.4. The Morgan fingerprint density at radius 2 is 1.24 bits per heavy atom. The van der Waals surface area contributed by atoms with Crippen molar-refractivity contribution in [3.05, 3.63) is 0 Å². The average Bonchev–Trinajstić information content (AvgIpc) is 2.25. The van der Waals surface area contributed by atoms with Crippen LogP contribution in [0.1, 0.15) is 64.7 Å². The summed E-state index contributed by atoms with van der Waals surface area (Å²) >= 11 is 2.39. The summed E-state index contributed by atoms with van der Waals surface area (Å²) in [7, 11) is 0. The Morgan fingerprint density at radius 1 is 0.824 bits per heavy atom. The molecule has 0 spiro atoms. The second-order valence-electron chi connectivity index (χ2n) is 4.75. The van der Waals surface area contributed by atoms with Crippen molar-refractivity contribution >= 4 is 22.6 Å². The largest absolute Gasteiger partial charge is 0.391 e. The molecule has 1 atom stereocenters. The van der Waals surface area contributed by atoms with E-state index in [2.05, 4.69) is 22.6 Å². The normalized spacial score (nSPS) is 13.9. The van der Waals surface area contributed by atoms with Gasteiger partial charge < -0.3 is 0 Å². The van der Waals surface area contributed by atoms with Gasteiger partial charge in [-0.25, -0.2) is 0 Å². The van der Waals surface area contributed by atoms with E-state index in [0.29, 0.717) is 12.8 Å². The Labute approximate surface area is 117 Å². The highest BCUT2D eigenvalue weighted by atomic mass is 127. The molecule has 0 N–H and O–H groups in total. The van der Waals surface area contributed by atoms with Gasteiger partial charge in [0, 0.05) is 0 Å². The van der Waals surface area contributed by atoms with E-state index in [1.165, 1.54) is 43.5 Å². The number of rotatable bonds is 10. The predicted octanol–water partition coefficient (Wildman–Crippen LogP) is 6.13. The molecule has 0 radical (unpaired) electrons. The second-order valence-corrected chi connectivity index (χ2v) is 5.83. The topological polar surface area (TPSA) is 0 Å². The molecule has 1 unspecified atom stereocenters. The van der Waals surface area contributed by atoms with Crippen molar-refractivity contribution in [3.8, 4) is 0 Å². The average molecular weight is 364 g/mol. The van der Waals surface area contributed by atoms with Crippen molar-refractivity contribution in [1.82, 2.24) is 0 Å². The number of alkyl halides is 4. The van der Waals surface area contributed by atoms with E-state index in [0.717, 1.165) is 12.8 Å². The first-order valence-corrected chi connectivity index (χ1v) is 8.13. The van der Waals surface area contributed by atoms with Gasteiger partial charge in [0.25, 0.3) is 0 Å². The standard InChI is InChI=1S/C13H24F3I/c1-12(13(14,15)16)10-8-6-4-2-3-5-7-9-11-17/h12H,2-11H2,1H3. The molecule has 0 aliphatic heterocycles. The fraction of sp³-hybridized carbons (Fsp3) is 1.00. The number of unbranched alkanes of at least 4 members (excludes halogenated alkanes) is 7. The molecule has 0 heterocycles. The van der Waals surface area contributed by atoms with Crippen LogP contribution < -0.4 is 0 Å². The van der Waals surface area contributed by atoms with Crippen LogP contribution in [0.3, 0.4) is 0 Å². The lowest BCUT2D eigenvalue weighted by molar-refractivity contribution is -0.171. The molecule has 104 valence electrons. The maximum absolute atomic E-state index is 12.2. The van der Waals surface area contributed by atoms with Crippen LogP contribution in [0, 0.1) is 5.92 Å². The summed E-state index contributed by atoms with van der Waals surface area (Å²) in [5.41, 5.74) is 0. The third kappa shape index (κ3) is 11.3. The number of hydrogen-bond acceptors (Lipinski definition) is 0. The van der Waals surface area contributed by atoms with Crippen molar-refractivity contribution in [2.24, 2.45) is 5.92 Å². The van der Waals surface area contributed by atoms with Gasteiger partial charge in [-0.1, -0.05) is 74.5 Å². The molecule has 17 heavy (non-hydrogen) atoms. The maximum atomic E-state index is 12.2. The lowest BCUT2D eigenvalue weighted by Crippen LogP contribution is -2.19. The summed E-state index contributed by atoms with van der Waals surface area (Å²) < 4.78 is 37.8. The van der Waals surface area contributed by atoms with Gasteiger partial charge in [0.15, 0.2) is 0 Å².